The van der Waals surface area contributed by atoms with Gasteiger partial charge < -0.3 is 10.1 Å². The summed E-state index contributed by atoms with van der Waals surface area (Å²) in [7, 11) is 1.34. The Morgan fingerprint density at radius 3 is 2.67 bits per heavy atom. The van der Waals surface area contributed by atoms with E-state index >= 15 is 0 Å². The molecule has 1 N–H and O–H groups in total. The molecule has 0 radical (unpaired) electrons. The minimum absolute atomic E-state index is 0.420. The molecule has 1 atom stereocenters. The molecule has 2 rings (SSSR count). The minimum atomic E-state index is -0.698. The van der Waals surface area contributed by atoms with Crippen LogP contribution in [-0.4, -0.2) is 18.1 Å². The summed E-state index contributed by atoms with van der Waals surface area (Å²) in [4.78, 5) is 16.2. The second kappa shape index (κ2) is 7.24. The van der Waals surface area contributed by atoms with E-state index < -0.39 is 12.0 Å². The third kappa shape index (κ3) is 4.18. The molecule has 0 saturated carbocycles. The molecule has 0 bridgehead atoms. The van der Waals surface area contributed by atoms with Crippen LogP contribution < -0.4 is 5.32 Å². The number of hydrogen-bond acceptors (Lipinski definition) is 4. The van der Waals surface area contributed by atoms with Gasteiger partial charge in [0.25, 0.3) is 0 Å². The highest BCUT2D eigenvalue weighted by molar-refractivity contribution is 9.10. The Kier molecular flexibility index (Phi) is 5.61. The summed E-state index contributed by atoms with van der Waals surface area (Å²) in [5.41, 5.74) is 1.29. The van der Waals surface area contributed by atoms with E-state index in [1.807, 2.05) is 6.07 Å². The number of pyridine rings is 1. The number of anilines is 1. The van der Waals surface area contributed by atoms with Crippen molar-refractivity contribution >= 4 is 55.1 Å². The van der Waals surface area contributed by atoms with Gasteiger partial charge in [0.15, 0.2) is 6.04 Å². The van der Waals surface area contributed by atoms with Crippen molar-refractivity contribution in [1.82, 2.24) is 4.98 Å². The lowest BCUT2D eigenvalue weighted by atomic mass is 10.1. The molecule has 1 heterocycles. The van der Waals surface area contributed by atoms with Gasteiger partial charge in [-0.25, -0.2) is 4.79 Å². The van der Waals surface area contributed by atoms with E-state index in [0.29, 0.717) is 10.7 Å². The van der Waals surface area contributed by atoms with Crippen molar-refractivity contribution in [2.45, 2.75) is 6.04 Å². The Bertz CT molecular complexity index is 650. The van der Waals surface area contributed by atoms with Gasteiger partial charge in [0.1, 0.15) is 0 Å². The second-order valence-corrected chi connectivity index (χ2v) is 6.31. The molecule has 7 heteroatoms. The van der Waals surface area contributed by atoms with Crippen molar-refractivity contribution in [3.8, 4) is 0 Å². The number of esters is 1. The molecule has 0 aliphatic rings. The van der Waals surface area contributed by atoms with Crippen LogP contribution in [-0.2, 0) is 9.53 Å². The highest BCUT2D eigenvalue weighted by Gasteiger charge is 2.22. The predicted octanol–water partition coefficient (Wildman–Crippen LogP) is 4.59. The fourth-order valence-electron chi connectivity index (χ4n) is 1.68. The Labute approximate surface area is 144 Å². The van der Waals surface area contributed by atoms with Crippen molar-refractivity contribution in [3.63, 3.8) is 0 Å². The van der Waals surface area contributed by atoms with E-state index in [1.165, 1.54) is 7.11 Å². The summed E-state index contributed by atoms with van der Waals surface area (Å²) in [6.45, 7) is 0. The summed E-state index contributed by atoms with van der Waals surface area (Å²) in [6.07, 6.45) is 1.63. The van der Waals surface area contributed by atoms with Gasteiger partial charge in [-0.05, 0) is 62.2 Å². The summed E-state index contributed by atoms with van der Waals surface area (Å²) >= 11 is 12.6. The van der Waals surface area contributed by atoms with Crippen molar-refractivity contribution in [3.05, 3.63) is 56.2 Å². The van der Waals surface area contributed by atoms with Gasteiger partial charge >= 0.3 is 5.97 Å². The summed E-state index contributed by atoms with van der Waals surface area (Å²) in [5.74, 6) is -0.420. The third-order valence-corrected chi connectivity index (χ3v) is 4.40. The Balaban J connectivity index is 2.30. The van der Waals surface area contributed by atoms with E-state index in [1.54, 1.807) is 30.5 Å². The number of methoxy groups -OCH3 is 1. The molecule has 1 aromatic carbocycles. The quantitative estimate of drug-likeness (QED) is 0.716. The van der Waals surface area contributed by atoms with Crippen molar-refractivity contribution in [2.75, 3.05) is 12.4 Å². The first kappa shape index (κ1) is 16.3. The maximum Gasteiger partial charge on any atom is 0.334 e. The number of carbonyl (C=O) groups is 1. The molecule has 1 aromatic heterocycles. The molecule has 2 aromatic rings. The lowest BCUT2D eigenvalue weighted by Gasteiger charge is -2.17. The van der Waals surface area contributed by atoms with Crippen LogP contribution >= 0.6 is 43.5 Å². The van der Waals surface area contributed by atoms with Gasteiger partial charge in [0.05, 0.1) is 17.8 Å². The molecule has 0 saturated heterocycles. The van der Waals surface area contributed by atoms with Gasteiger partial charge in [-0.2, -0.15) is 0 Å². The van der Waals surface area contributed by atoms with E-state index in [9.17, 15) is 4.79 Å². The molecule has 1 unspecified atom stereocenters. The number of ether oxygens (including phenoxy) is 1. The van der Waals surface area contributed by atoms with Gasteiger partial charge in [0.2, 0.25) is 0 Å². The number of nitrogens with zero attached hydrogens (tertiary/aromatic N) is 1. The molecule has 0 amide bonds. The van der Waals surface area contributed by atoms with Gasteiger partial charge in [-0.1, -0.05) is 11.6 Å². The second-order valence-electron chi connectivity index (χ2n) is 4.13. The Morgan fingerprint density at radius 1 is 1.33 bits per heavy atom. The standard InChI is InChI=1S/C14H11Br2ClN2O2/c1-21-14(20)13(12-5-2-8(15)7-18-12)19-9-3-4-11(17)10(16)6-9/h2-7,13,19H,1H3. The Hall–Kier alpha value is -1.11. The maximum absolute atomic E-state index is 12.0. The number of rotatable bonds is 4. The lowest BCUT2D eigenvalue weighted by molar-refractivity contribution is -0.141. The zero-order valence-electron chi connectivity index (χ0n) is 10.9. The summed E-state index contributed by atoms with van der Waals surface area (Å²) < 4.78 is 6.41. The number of hydrogen-bond donors (Lipinski definition) is 1. The SMILES string of the molecule is COC(=O)C(Nc1ccc(Cl)c(Br)c1)c1ccc(Br)cn1. The van der Waals surface area contributed by atoms with Crippen LogP contribution in [0, 0.1) is 0 Å². The first-order valence-corrected chi connectivity index (χ1v) is 7.88. The summed E-state index contributed by atoms with van der Waals surface area (Å²) in [6, 6.07) is 8.17. The Morgan fingerprint density at radius 2 is 2.10 bits per heavy atom. The fraction of sp³-hybridized carbons (Fsp3) is 0.143. The number of carbonyl (C=O) groups excluding carboxylic acids is 1. The topological polar surface area (TPSA) is 51.2 Å². The lowest BCUT2D eigenvalue weighted by Crippen LogP contribution is -2.23. The van der Waals surface area contributed by atoms with Gasteiger partial charge in [0, 0.05) is 20.8 Å². The molecular formula is C14H11Br2ClN2O2. The highest BCUT2D eigenvalue weighted by atomic mass is 79.9. The first-order valence-electron chi connectivity index (χ1n) is 5.92. The normalized spacial score (nSPS) is 11.8. The minimum Gasteiger partial charge on any atom is -0.467 e. The fourth-order valence-corrected chi connectivity index (χ4v) is 2.41. The maximum atomic E-state index is 12.0. The predicted molar refractivity (Wildman–Crippen MR) is 89.5 cm³/mol. The molecule has 21 heavy (non-hydrogen) atoms. The molecule has 0 aliphatic heterocycles. The van der Waals surface area contributed by atoms with Crippen LogP contribution in [0.25, 0.3) is 0 Å². The zero-order valence-corrected chi connectivity index (χ0v) is 14.9. The summed E-state index contributed by atoms with van der Waals surface area (Å²) in [5, 5.41) is 3.69. The average molecular weight is 435 g/mol. The monoisotopic (exact) mass is 432 g/mol. The van der Waals surface area contributed by atoms with E-state index in [0.717, 1.165) is 14.6 Å². The number of nitrogens with one attached hydrogen (secondary N) is 1. The largest absolute Gasteiger partial charge is 0.467 e. The van der Waals surface area contributed by atoms with E-state index in [2.05, 4.69) is 42.2 Å². The number of benzene rings is 1. The van der Waals surface area contributed by atoms with Crippen molar-refractivity contribution in [2.24, 2.45) is 0 Å². The van der Waals surface area contributed by atoms with Crippen LogP contribution in [0.2, 0.25) is 5.02 Å². The van der Waals surface area contributed by atoms with Crippen LogP contribution in [0.15, 0.2) is 45.5 Å². The van der Waals surface area contributed by atoms with E-state index in [-0.39, 0.29) is 0 Å². The van der Waals surface area contributed by atoms with Crippen molar-refractivity contribution in [1.29, 1.82) is 0 Å². The van der Waals surface area contributed by atoms with Crippen LogP contribution in [0.3, 0.4) is 0 Å². The highest BCUT2D eigenvalue weighted by Crippen LogP contribution is 2.28. The first-order chi connectivity index (χ1) is 10.0. The van der Waals surface area contributed by atoms with Crippen molar-refractivity contribution < 1.29 is 9.53 Å². The van der Waals surface area contributed by atoms with Crippen LogP contribution in [0.4, 0.5) is 5.69 Å². The van der Waals surface area contributed by atoms with Gasteiger partial charge in [-0.15, -0.1) is 0 Å². The third-order valence-electron chi connectivity index (χ3n) is 2.71. The average Bonchev–Trinajstić information content (AvgIpc) is 2.48. The van der Waals surface area contributed by atoms with Crippen LogP contribution in [0.5, 0.6) is 0 Å². The molecule has 110 valence electrons. The molecule has 0 fully saturated rings. The number of aromatic nitrogens is 1. The molecule has 0 aliphatic carbocycles. The van der Waals surface area contributed by atoms with Crippen LogP contribution in [0.1, 0.15) is 11.7 Å². The molecule has 4 nitrogen and oxygen atoms in total. The van der Waals surface area contributed by atoms with E-state index in [4.69, 9.17) is 16.3 Å². The smallest absolute Gasteiger partial charge is 0.334 e. The molecule has 0 spiro atoms. The zero-order chi connectivity index (χ0) is 15.4. The number of halogens is 3. The van der Waals surface area contributed by atoms with Gasteiger partial charge in [-0.3, -0.25) is 4.98 Å². The molecular weight excluding hydrogens is 423 g/mol.